The quantitative estimate of drug-likeness (QED) is 0.851. The van der Waals surface area contributed by atoms with Gasteiger partial charge in [-0.3, -0.25) is 4.79 Å². The number of halogens is 1. The number of nitrogens with two attached hydrogens (primary N) is 1. The van der Waals surface area contributed by atoms with Crippen molar-refractivity contribution in [3.8, 4) is 5.75 Å². The topological polar surface area (TPSA) is 64.3 Å². The summed E-state index contributed by atoms with van der Waals surface area (Å²) >= 11 is 5.87. The summed E-state index contributed by atoms with van der Waals surface area (Å²) in [6, 6.07) is 12.3. The Labute approximate surface area is 122 Å². The summed E-state index contributed by atoms with van der Waals surface area (Å²) in [4.78, 5) is 12.1. The second-order valence-electron chi connectivity index (χ2n) is 4.27. The van der Waals surface area contributed by atoms with Crippen LogP contribution in [0.2, 0.25) is 5.02 Å². The van der Waals surface area contributed by atoms with Gasteiger partial charge in [-0.15, -0.1) is 0 Å². The first kappa shape index (κ1) is 14.2. The number of hydrogen-bond acceptors (Lipinski definition) is 3. The molecule has 0 heterocycles. The van der Waals surface area contributed by atoms with Gasteiger partial charge in [-0.05, 0) is 35.9 Å². The fourth-order valence-electron chi connectivity index (χ4n) is 1.83. The van der Waals surface area contributed by atoms with Crippen LogP contribution in [0, 0.1) is 0 Å². The Balaban J connectivity index is 2.09. The normalized spacial score (nSPS) is 10.1. The molecule has 0 unspecified atom stereocenters. The van der Waals surface area contributed by atoms with Crippen molar-refractivity contribution in [2.45, 2.75) is 6.54 Å². The number of ether oxygens (including phenoxy) is 1. The molecule has 2 aromatic rings. The van der Waals surface area contributed by atoms with Crippen molar-refractivity contribution in [3.63, 3.8) is 0 Å². The predicted octanol–water partition coefficient (Wildman–Crippen LogP) is 2.86. The molecule has 0 bridgehead atoms. The molecule has 0 aliphatic rings. The Kier molecular flexibility index (Phi) is 4.48. The van der Waals surface area contributed by atoms with E-state index in [1.165, 1.54) is 7.11 Å². The Morgan fingerprint density at radius 3 is 2.80 bits per heavy atom. The summed E-state index contributed by atoms with van der Waals surface area (Å²) in [5.41, 5.74) is 7.74. The van der Waals surface area contributed by atoms with Crippen LogP contribution >= 0.6 is 11.6 Å². The van der Waals surface area contributed by atoms with Crippen LogP contribution < -0.4 is 15.8 Å². The fraction of sp³-hybridized carbons (Fsp3) is 0.133. The first-order chi connectivity index (χ1) is 9.60. The highest BCUT2D eigenvalue weighted by molar-refractivity contribution is 6.30. The van der Waals surface area contributed by atoms with Gasteiger partial charge in [-0.25, -0.2) is 0 Å². The third-order valence-electron chi connectivity index (χ3n) is 2.81. The molecule has 20 heavy (non-hydrogen) atoms. The van der Waals surface area contributed by atoms with Gasteiger partial charge in [0.25, 0.3) is 5.91 Å². The summed E-state index contributed by atoms with van der Waals surface area (Å²) in [6.45, 7) is 0.398. The highest BCUT2D eigenvalue weighted by Gasteiger charge is 2.12. The lowest BCUT2D eigenvalue weighted by Crippen LogP contribution is -2.23. The van der Waals surface area contributed by atoms with E-state index in [-0.39, 0.29) is 5.91 Å². The lowest BCUT2D eigenvalue weighted by molar-refractivity contribution is 0.0948. The van der Waals surface area contributed by atoms with Crippen LogP contribution in [0.15, 0.2) is 42.5 Å². The zero-order chi connectivity index (χ0) is 14.5. The van der Waals surface area contributed by atoms with E-state index in [1.807, 2.05) is 18.2 Å². The number of carbonyl (C=O) groups is 1. The fourth-order valence-corrected chi connectivity index (χ4v) is 2.00. The van der Waals surface area contributed by atoms with Gasteiger partial charge < -0.3 is 15.8 Å². The van der Waals surface area contributed by atoms with E-state index < -0.39 is 0 Å². The van der Waals surface area contributed by atoms with Crippen LogP contribution in [0.4, 0.5) is 5.69 Å². The number of hydrogen-bond donors (Lipinski definition) is 2. The van der Waals surface area contributed by atoms with E-state index in [9.17, 15) is 4.79 Å². The number of benzene rings is 2. The van der Waals surface area contributed by atoms with Gasteiger partial charge in [0.05, 0.1) is 12.7 Å². The van der Waals surface area contributed by atoms with Crippen molar-refractivity contribution in [2.75, 3.05) is 12.8 Å². The molecule has 2 rings (SSSR count). The zero-order valence-electron chi connectivity index (χ0n) is 11.0. The average Bonchev–Trinajstić information content (AvgIpc) is 2.44. The summed E-state index contributed by atoms with van der Waals surface area (Å²) in [5.74, 6) is 0.225. The minimum atomic E-state index is -0.221. The third-order valence-corrected chi connectivity index (χ3v) is 3.05. The summed E-state index contributed by atoms with van der Waals surface area (Å²) in [7, 11) is 1.50. The maximum atomic E-state index is 12.1. The van der Waals surface area contributed by atoms with Crippen molar-refractivity contribution in [3.05, 3.63) is 58.6 Å². The number of carbonyl (C=O) groups excluding carboxylic acids is 1. The van der Waals surface area contributed by atoms with Crippen molar-refractivity contribution in [1.82, 2.24) is 5.32 Å². The molecule has 5 heteroatoms. The Morgan fingerprint density at radius 2 is 2.10 bits per heavy atom. The van der Waals surface area contributed by atoms with Crippen molar-refractivity contribution in [2.24, 2.45) is 0 Å². The molecule has 0 saturated carbocycles. The van der Waals surface area contributed by atoms with E-state index in [4.69, 9.17) is 22.1 Å². The van der Waals surface area contributed by atoms with E-state index in [0.29, 0.717) is 28.6 Å². The molecule has 3 N–H and O–H groups in total. The Hall–Kier alpha value is -2.20. The molecule has 104 valence electrons. The molecular weight excluding hydrogens is 276 g/mol. The van der Waals surface area contributed by atoms with Gasteiger partial charge in [-0.2, -0.15) is 0 Å². The predicted molar refractivity (Wildman–Crippen MR) is 80.0 cm³/mol. The van der Waals surface area contributed by atoms with Crippen molar-refractivity contribution < 1.29 is 9.53 Å². The van der Waals surface area contributed by atoms with Crippen LogP contribution in [0.25, 0.3) is 0 Å². The molecule has 0 aromatic heterocycles. The Morgan fingerprint density at radius 1 is 1.30 bits per heavy atom. The third kappa shape index (κ3) is 3.42. The van der Waals surface area contributed by atoms with Gasteiger partial charge in [0.15, 0.2) is 0 Å². The van der Waals surface area contributed by atoms with Crippen LogP contribution in [0.3, 0.4) is 0 Å². The maximum Gasteiger partial charge on any atom is 0.255 e. The number of methoxy groups -OCH3 is 1. The van der Waals surface area contributed by atoms with Crippen molar-refractivity contribution in [1.29, 1.82) is 0 Å². The molecule has 0 aliphatic carbocycles. The minimum absolute atomic E-state index is 0.221. The van der Waals surface area contributed by atoms with Crippen LogP contribution in [0.1, 0.15) is 15.9 Å². The first-order valence-corrected chi connectivity index (χ1v) is 6.44. The van der Waals surface area contributed by atoms with E-state index in [0.717, 1.165) is 5.56 Å². The van der Waals surface area contributed by atoms with Gasteiger partial charge in [0.2, 0.25) is 0 Å². The number of nitrogen functional groups attached to an aromatic ring is 1. The molecule has 0 atom stereocenters. The van der Waals surface area contributed by atoms with Crippen LogP contribution in [-0.4, -0.2) is 13.0 Å². The average molecular weight is 291 g/mol. The maximum absolute atomic E-state index is 12.1. The molecule has 2 aromatic carbocycles. The monoisotopic (exact) mass is 290 g/mol. The SMILES string of the molecule is COc1cc(Cl)ccc1C(=O)NCc1cccc(N)c1. The van der Waals surface area contributed by atoms with Gasteiger partial charge in [-0.1, -0.05) is 23.7 Å². The van der Waals surface area contributed by atoms with Crippen molar-refractivity contribution >= 4 is 23.2 Å². The molecule has 0 fully saturated rings. The molecule has 0 radical (unpaired) electrons. The van der Waals surface area contributed by atoms with Crippen LogP contribution in [0.5, 0.6) is 5.75 Å². The first-order valence-electron chi connectivity index (χ1n) is 6.06. The minimum Gasteiger partial charge on any atom is -0.496 e. The highest BCUT2D eigenvalue weighted by Crippen LogP contribution is 2.23. The molecule has 0 spiro atoms. The summed E-state index contributed by atoms with van der Waals surface area (Å²) < 4.78 is 5.15. The second kappa shape index (κ2) is 6.30. The lowest BCUT2D eigenvalue weighted by Gasteiger charge is -2.10. The standard InChI is InChI=1S/C15H15ClN2O2/c1-20-14-8-11(16)5-6-13(14)15(19)18-9-10-3-2-4-12(17)7-10/h2-8H,9,17H2,1H3,(H,18,19). The van der Waals surface area contributed by atoms with Gasteiger partial charge >= 0.3 is 0 Å². The molecule has 1 amide bonds. The van der Waals surface area contributed by atoms with Gasteiger partial charge in [0.1, 0.15) is 5.75 Å². The van der Waals surface area contributed by atoms with Gasteiger partial charge in [0, 0.05) is 17.3 Å². The number of nitrogens with one attached hydrogen (secondary N) is 1. The Bertz CT molecular complexity index is 629. The number of anilines is 1. The summed E-state index contributed by atoms with van der Waals surface area (Å²) in [5, 5.41) is 3.34. The largest absolute Gasteiger partial charge is 0.496 e. The van der Waals surface area contributed by atoms with E-state index in [1.54, 1.807) is 24.3 Å². The highest BCUT2D eigenvalue weighted by atomic mass is 35.5. The molecular formula is C15H15ClN2O2. The molecule has 4 nitrogen and oxygen atoms in total. The molecule has 0 aliphatic heterocycles. The molecule has 0 saturated heterocycles. The zero-order valence-corrected chi connectivity index (χ0v) is 11.8. The lowest BCUT2D eigenvalue weighted by atomic mass is 10.1. The van der Waals surface area contributed by atoms with Crippen LogP contribution in [-0.2, 0) is 6.54 Å². The van der Waals surface area contributed by atoms with E-state index in [2.05, 4.69) is 5.32 Å². The number of amides is 1. The second-order valence-corrected chi connectivity index (χ2v) is 4.71. The smallest absolute Gasteiger partial charge is 0.255 e. The van der Waals surface area contributed by atoms with E-state index >= 15 is 0 Å². The summed E-state index contributed by atoms with van der Waals surface area (Å²) in [6.07, 6.45) is 0. The number of rotatable bonds is 4.